The minimum absolute atomic E-state index is 0.0482. The van der Waals surface area contributed by atoms with Crippen molar-refractivity contribution in [1.82, 2.24) is 0 Å². The fraction of sp³-hybridized carbons (Fsp3) is 0.571. The molecule has 0 saturated heterocycles. The van der Waals surface area contributed by atoms with Gasteiger partial charge in [0.25, 0.3) is 0 Å². The predicted octanol–water partition coefficient (Wildman–Crippen LogP) is 5.18. The number of alkyl halides is 4. The second-order valence-corrected chi connectivity index (χ2v) is 6.63. The van der Waals surface area contributed by atoms with Crippen LogP contribution in [0.1, 0.15) is 42.6 Å². The molecule has 1 aromatic carbocycles. The average Bonchev–Trinajstić information content (AvgIpc) is 2.57. The summed E-state index contributed by atoms with van der Waals surface area (Å²) in [6, 6.07) is 5.62. The molecule has 1 aliphatic heterocycles. The summed E-state index contributed by atoms with van der Waals surface area (Å²) in [5.74, 6) is 0.837. The number of ether oxygens (including phenoxy) is 1. The Morgan fingerprint density at radius 2 is 2.05 bits per heavy atom. The zero-order chi connectivity index (χ0) is 14.3. The number of halogens is 4. The van der Waals surface area contributed by atoms with Crippen molar-refractivity contribution in [3.8, 4) is 5.75 Å². The summed E-state index contributed by atoms with van der Waals surface area (Å²) in [5, 5.41) is 0. The maximum absolute atomic E-state index is 12.2. The van der Waals surface area contributed by atoms with Gasteiger partial charge >= 0.3 is 6.18 Å². The molecule has 1 aliphatic rings. The Balaban J connectivity index is 2.07. The highest BCUT2D eigenvalue weighted by molar-refractivity contribution is 9.09. The van der Waals surface area contributed by atoms with Crippen LogP contribution < -0.4 is 4.74 Å². The number of rotatable bonds is 3. The third-order valence-electron chi connectivity index (χ3n) is 3.13. The monoisotopic (exact) mass is 336 g/mol. The van der Waals surface area contributed by atoms with Gasteiger partial charge in [-0.15, -0.1) is 0 Å². The molecule has 1 atom stereocenters. The summed E-state index contributed by atoms with van der Waals surface area (Å²) >= 11 is 3.33. The van der Waals surface area contributed by atoms with E-state index in [1.165, 1.54) is 0 Å². The van der Waals surface area contributed by atoms with Gasteiger partial charge in [0, 0.05) is 17.7 Å². The zero-order valence-corrected chi connectivity index (χ0v) is 12.4. The van der Waals surface area contributed by atoms with Crippen molar-refractivity contribution in [2.24, 2.45) is 0 Å². The van der Waals surface area contributed by atoms with Gasteiger partial charge in [0.1, 0.15) is 11.4 Å². The van der Waals surface area contributed by atoms with E-state index < -0.39 is 12.6 Å². The molecule has 0 spiro atoms. The molecule has 0 amide bonds. The molecule has 106 valence electrons. The maximum atomic E-state index is 12.2. The van der Waals surface area contributed by atoms with Crippen molar-refractivity contribution in [3.63, 3.8) is 0 Å². The standard InChI is InChI=1S/C14H16BrF3O/c1-13(2)8-10-7-9(3-4-12(10)19-13)11(15)5-6-14(16,17)18/h3-4,7,11H,5-6,8H2,1-2H3. The van der Waals surface area contributed by atoms with Crippen LogP contribution in [-0.4, -0.2) is 11.8 Å². The second-order valence-electron chi connectivity index (χ2n) is 5.53. The van der Waals surface area contributed by atoms with Crippen molar-refractivity contribution in [2.75, 3.05) is 0 Å². The van der Waals surface area contributed by atoms with Gasteiger partial charge in [0.15, 0.2) is 0 Å². The molecule has 5 heteroatoms. The summed E-state index contributed by atoms with van der Waals surface area (Å²) in [4.78, 5) is -0.275. The van der Waals surface area contributed by atoms with E-state index in [1.54, 1.807) is 0 Å². The molecule has 2 rings (SSSR count). The van der Waals surface area contributed by atoms with Crippen molar-refractivity contribution >= 4 is 15.9 Å². The first-order valence-corrected chi connectivity index (χ1v) is 7.10. The van der Waals surface area contributed by atoms with Crippen molar-refractivity contribution in [1.29, 1.82) is 0 Å². The lowest BCUT2D eigenvalue weighted by molar-refractivity contribution is -0.135. The Kier molecular flexibility index (Phi) is 3.87. The highest BCUT2D eigenvalue weighted by Crippen LogP contribution is 2.39. The quantitative estimate of drug-likeness (QED) is 0.691. The van der Waals surface area contributed by atoms with Gasteiger partial charge < -0.3 is 4.74 Å². The van der Waals surface area contributed by atoms with Crippen LogP contribution in [0.5, 0.6) is 5.75 Å². The van der Waals surface area contributed by atoms with Gasteiger partial charge in [-0.25, -0.2) is 0 Å². The van der Waals surface area contributed by atoms with Crippen LogP contribution in [0, 0.1) is 0 Å². The van der Waals surface area contributed by atoms with Gasteiger partial charge in [0.2, 0.25) is 0 Å². The second kappa shape index (κ2) is 5.00. The van der Waals surface area contributed by atoms with Crippen molar-refractivity contribution < 1.29 is 17.9 Å². The highest BCUT2D eigenvalue weighted by atomic mass is 79.9. The molecule has 0 aromatic heterocycles. The molecule has 0 aliphatic carbocycles. The molecule has 0 N–H and O–H groups in total. The maximum Gasteiger partial charge on any atom is 0.389 e. The molecular weight excluding hydrogens is 321 g/mol. The molecule has 1 nitrogen and oxygen atoms in total. The van der Waals surface area contributed by atoms with E-state index in [9.17, 15) is 13.2 Å². The van der Waals surface area contributed by atoms with Crippen LogP contribution in [0.15, 0.2) is 18.2 Å². The summed E-state index contributed by atoms with van der Waals surface area (Å²) < 4.78 is 42.4. The van der Waals surface area contributed by atoms with E-state index >= 15 is 0 Å². The molecule has 0 bridgehead atoms. The third-order valence-corrected chi connectivity index (χ3v) is 4.12. The zero-order valence-electron chi connectivity index (χ0n) is 10.9. The lowest BCUT2D eigenvalue weighted by atomic mass is 9.98. The summed E-state index contributed by atoms with van der Waals surface area (Å²) in [6.07, 6.45) is -4.04. The number of benzene rings is 1. The lowest BCUT2D eigenvalue weighted by Gasteiger charge is -2.16. The fourth-order valence-electron chi connectivity index (χ4n) is 2.28. The Bertz CT molecular complexity index is 468. The summed E-state index contributed by atoms with van der Waals surface area (Å²) in [5.41, 5.74) is 1.72. The van der Waals surface area contributed by atoms with E-state index in [2.05, 4.69) is 15.9 Å². The summed E-state index contributed by atoms with van der Waals surface area (Å²) in [7, 11) is 0. The van der Waals surface area contributed by atoms with E-state index in [0.29, 0.717) is 0 Å². The molecule has 0 saturated carbocycles. The van der Waals surface area contributed by atoms with Crippen LogP contribution in [0.3, 0.4) is 0 Å². The third kappa shape index (κ3) is 3.88. The van der Waals surface area contributed by atoms with Crippen LogP contribution >= 0.6 is 15.9 Å². The van der Waals surface area contributed by atoms with Gasteiger partial charge in [-0.05, 0) is 37.5 Å². The minimum atomic E-state index is -4.10. The smallest absolute Gasteiger partial charge is 0.389 e. The first kappa shape index (κ1) is 14.7. The number of hydrogen-bond acceptors (Lipinski definition) is 1. The van der Waals surface area contributed by atoms with E-state index in [0.717, 1.165) is 23.3 Å². The largest absolute Gasteiger partial charge is 0.487 e. The van der Waals surface area contributed by atoms with Gasteiger partial charge in [-0.1, -0.05) is 28.1 Å². The Labute approximate surface area is 119 Å². The first-order valence-electron chi connectivity index (χ1n) is 6.19. The lowest BCUT2D eigenvalue weighted by Crippen LogP contribution is -2.24. The average molecular weight is 337 g/mol. The van der Waals surface area contributed by atoms with E-state index in [-0.39, 0.29) is 16.8 Å². The van der Waals surface area contributed by atoms with Gasteiger partial charge in [-0.3, -0.25) is 0 Å². The SMILES string of the molecule is CC1(C)Cc2cc(C(Br)CCC(F)(F)F)ccc2O1. The highest BCUT2D eigenvalue weighted by Gasteiger charge is 2.31. The molecule has 1 aromatic rings. The first-order chi connectivity index (χ1) is 8.66. The van der Waals surface area contributed by atoms with Crippen LogP contribution in [-0.2, 0) is 6.42 Å². The topological polar surface area (TPSA) is 9.23 Å². The van der Waals surface area contributed by atoms with Crippen LogP contribution in [0.25, 0.3) is 0 Å². The molecule has 1 unspecified atom stereocenters. The van der Waals surface area contributed by atoms with Crippen LogP contribution in [0.2, 0.25) is 0 Å². The van der Waals surface area contributed by atoms with E-state index in [4.69, 9.17) is 4.74 Å². The minimum Gasteiger partial charge on any atom is -0.487 e. The number of fused-ring (bicyclic) bond motifs is 1. The summed E-state index contributed by atoms with van der Waals surface area (Å²) in [6.45, 7) is 4.00. The molecule has 0 radical (unpaired) electrons. The Morgan fingerprint density at radius 3 is 2.68 bits per heavy atom. The predicted molar refractivity (Wildman–Crippen MR) is 71.8 cm³/mol. The van der Waals surface area contributed by atoms with E-state index in [1.807, 2.05) is 32.0 Å². The number of hydrogen-bond donors (Lipinski definition) is 0. The molecular formula is C14H16BrF3O. The molecule has 0 fully saturated rings. The molecule has 1 heterocycles. The molecule has 19 heavy (non-hydrogen) atoms. The Morgan fingerprint density at radius 1 is 1.37 bits per heavy atom. The Hall–Kier alpha value is -0.710. The van der Waals surface area contributed by atoms with Crippen molar-refractivity contribution in [2.45, 2.75) is 49.7 Å². The fourth-order valence-corrected chi connectivity index (χ4v) is 2.80. The van der Waals surface area contributed by atoms with Gasteiger partial charge in [0.05, 0.1) is 0 Å². The normalized spacial score (nSPS) is 18.8. The van der Waals surface area contributed by atoms with Crippen LogP contribution in [0.4, 0.5) is 13.2 Å². The van der Waals surface area contributed by atoms with Gasteiger partial charge in [-0.2, -0.15) is 13.2 Å². The van der Waals surface area contributed by atoms with Crippen molar-refractivity contribution in [3.05, 3.63) is 29.3 Å².